The highest BCUT2D eigenvalue weighted by Crippen LogP contribution is 2.16. The summed E-state index contributed by atoms with van der Waals surface area (Å²) in [6.07, 6.45) is 4.07. The van der Waals surface area contributed by atoms with Crippen molar-refractivity contribution < 1.29 is 19.4 Å². The van der Waals surface area contributed by atoms with Crippen LogP contribution in [0.25, 0.3) is 0 Å². The van der Waals surface area contributed by atoms with Gasteiger partial charge in [0.05, 0.1) is 0 Å². The number of benzene rings is 1. The molecule has 138 valence electrons. The first kappa shape index (κ1) is 20.7. The van der Waals surface area contributed by atoms with Gasteiger partial charge in [-0.2, -0.15) is 0 Å². The highest BCUT2D eigenvalue weighted by molar-refractivity contribution is 5.80. The summed E-state index contributed by atoms with van der Waals surface area (Å²) in [5.74, 6) is -0.826. The molecule has 1 atom stereocenters. The third-order valence-electron chi connectivity index (χ3n) is 3.85. The number of hydrogen-bond donors (Lipinski definition) is 1. The molecule has 1 rings (SSSR count). The first-order valence-electron chi connectivity index (χ1n) is 8.76. The molecule has 0 bridgehead atoms. The molecule has 1 aromatic rings. The fraction of sp³-hybridized carbons (Fsp3) is 0.500. The molecule has 0 aliphatic heterocycles. The van der Waals surface area contributed by atoms with E-state index in [0.717, 1.165) is 18.4 Å². The molecule has 0 saturated carbocycles. The standard InChI is InChI=1S/C20H29NO4/c1-4-5-6-10-13-21(18(19(22)23)14-16(2)3)20(24)25-15-17-11-8-7-9-12-17/h4,7-9,11-12,16,18H,1,5-6,10,13-15H2,2-3H3,(H,22,23)/t18-/m0/s1. The molecule has 0 heterocycles. The highest BCUT2D eigenvalue weighted by atomic mass is 16.6. The Kier molecular flexibility index (Phi) is 9.37. The van der Waals surface area contributed by atoms with Gasteiger partial charge in [-0.15, -0.1) is 6.58 Å². The molecule has 0 radical (unpaired) electrons. The second kappa shape index (κ2) is 11.3. The number of carboxylic acid groups (broad SMARTS) is 1. The van der Waals surface area contributed by atoms with Crippen LogP contribution in [0, 0.1) is 5.92 Å². The molecular weight excluding hydrogens is 318 g/mol. The van der Waals surface area contributed by atoms with Gasteiger partial charge in [0.25, 0.3) is 0 Å². The molecule has 5 nitrogen and oxygen atoms in total. The molecule has 0 fully saturated rings. The number of unbranched alkanes of at least 4 members (excludes halogenated alkanes) is 2. The van der Waals surface area contributed by atoms with Gasteiger partial charge in [0.1, 0.15) is 12.6 Å². The minimum Gasteiger partial charge on any atom is -0.480 e. The van der Waals surface area contributed by atoms with Gasteiger partial charge < -0.3 is 9.84 Å². The predicted molar refractivity (Wildman–Crippen MR) is 98.3 cm³/mol. The molecular formula is C20H29NO4. The summed E-state index contributed by atoms with van der Waals surface area (Å²) in [6.45, 7) is 8.07. The second-order valence-electron chi connectivity index (χ2n) is 6.50. The summed E-state index contributed by atoms with van der Waals surface area (Å²) >= 11 is 0. The lowest BCUT2D eigenvalue weighted by Gasteiger charge is -2.29. The first-order valence-corrected chi connectivity index (χ1v) is 8.76. The maximum atomic E-state index is 12.5. The smallest absolute Gasteiger partial charge is 0.410 e. The van der Waals surface area contributed by atoms with Crippen LogP contribution in [0.5, 0.6) is 0 Å². The van der Waals surface area contributed by atoms with E-state index in [2.05, 4.69) is 6.58 Å². The van der Waals surface area contributed by atoms with Gasteiger partial charge in [0.15, 0.2) is 0 Å². The fourth-order valence-corrected chi connectivity index (χ4v) is 2.56. The maximum absolute atomic E-state index is 12.5. The quantitative estimate of drug-likeness (QED) is 0.473. The van der Waals surface area contributed by atoms with Gasteiger partial charge in [0.2, 0.25) is 0 Å². The largest absolute Gasteiger partial charge is 0.480 e. The first-order chi connectivity index (χ1) is 12.0. The zero-order valence-corrected chi connectivity index (χ0v) is 15.2. The Morgan fingerprint density at radius 3 is 2.48 bits per heavy atom. The van der Waals surface area contributed by atoms with Crippen molar-refractivity contribution in [1.29, 1.82) is 0 Å². The van der Waals surface area contributed by atoms with Crippen molar-refractivity contribution in [2.45, 2.75) is 52.2 Å². The number of nitrogens with zero attached hydrogens (tertiary/aromatic N) is 1. The molecule has 0 saturated heterocycles. The van der Waals surface area contributed by atoms with Gasteiger partial charge in [0, 0.05) is 6.54 Å². The van der Waals surface area contributed by atoms with Crippen molar-refractivity contribution in [1.82, 2.24) is 4.90 Å². The Balaban J connectivity index is 2.77. The second-order valence-corrected chi connectivity index (χ2v) is 6.50. The third-order valence-corrected chi connectivity index (χ3v) is 3.85. The fourth-order valence-electron chi connectivity index (χ4n) is 2.56. The molecule has 25 heavy (non-hydrogen) atoms. The summed E-state index contributed by atoms with van der Waals surface area (Å²) in [6, 6.07) is 8.49. The van der Waals surface area contributed by atoms with Gasteiger partial charge in [-0.25, -0.2) is 9.59 Å². The van der Waals surface area contributed by atoms with E-state index in [-0.39, 0.29) is 12.5 Å². The van der Waals surface area contributed by atoms with E-state index >= 15 is 0 Å². The minimum atomic E-state index is -0.992. The average Bonchev–Trinajstić information content (AvgIpc) is 2.59. The van der Waals surface area contributed by atoms with Crippen molar-refractivity contribution in [2.75, 3.05) is 6.54 Å². The lowest BCUT2D eigenvalue weighted by Crippen LogP contribution is -2.46. The van der Waals surface area contributed by atoms with Crippen LogP contribution in [-0.2, 0) is 16.1 Å². The predicted octanol–water partition coefficient (Wildman–Crippen LogP) is 4.48. The summed E-state index contributed by atoms with van der Waals surface area (Å²) in [5.41, 5.74) is 0.873. The number of carboxylic acids is 1. The van der Waals surface area contributed by atoms with Crippen molar-refractivity contribution in [2.24, 2.45) is 5.92 Å². The van der Waals surface area contributed by atoms with E-state index < -0.39 is 18.1 Å². The van der Waals surface area contributed by atoms with Crippen molar-refractivity contribution in [3.05, 3.63) is 48.6 Å². The van der Waals surface area contributed by atoms with Crippen LogP contribution in [0.1, 0.15) is 45.1 Å². The van der Waals surface area contributed by atoms with Crippen LogP contribution in [0.3, 0.4) is 0 Å². The van der Waals surface area contributed by atoms with Crippen LogP contribution in [-0.4, -0.2) is 34.7 Å². The van der Waals surface area contributed by atoms with Gasteiger partial charge >= 0.3 is 12.1 Å². The Hall–Kier alpha value is -2.30. The molecule has 0 spiro atoms. The van der Waals surface area contributed by atoms with Gasteiger partial charge in [-0.05, 0) is 37.2 Å². The number of ether oxygens (including phenoxy) is 1. The molecule has 1 amide bonds. The van der Waals surface area contributed by atoms with Crippen LogP contribution in [0.15, 0.2) is 43.0 Å². The van der Waals surface area contributed by atoms with Gasteiger partial charge in [-0.3, -0.25) is 4.90 Å². The van der Waals surface area contributed by atoms with E-state index in [4.69, 9.17) is 4.74 Å². The summed E-state index contributed by atoms with van der Waals surface area (Å²) in [5, 5.41) is 9.56. The van der Waals surface area contributed by atoms with E-state index in [1.807, 2.05) is 50.3 Å². The lowest BCUT2D eigenvalue weighted by atomic mass is 10.0. The topological polar surface area (TPSA) is 66.8 Å². The minimum absolute atomic E-state index is 0.136. The third kappa shape index (κ3) is 7.88. The van der Waals surface area contributed by atoms with Crippen molar-refractivity contribution in [3.8, 4) is 0 Å². The molecule has 0 aliphatic carbocycles. The number of carbonyl (C=O) groups is 2. The molecule has 5 heteroatoms. The number of rotatable bonds is 11. The summed E-state index contributed by atoms with van der Waals surface area (Å²) in [7, 11) is 0. The zero-order chi connectivity index (χ0) is 18.7. The number of aliphatic carboxylic acids is 1. The highest BCUT2D eigenvalue weighted by Gasteiger charge is 2.31. The molecule has 1 N–H and O–H groups in total. The number of amides is 1. The van der Waals surface area contributed by atoms with Crippen molar-refractivity contribution in [3.63, 3.8) is 0 Å². The summed E-state index contributed by atoms with van der Waals surface area (Å²) < 4.78 is 5.36. The number of carbonyl (C=O) groups excluding carboxylic acids is 1. The SMILES string of the molecule is C=CCCCCN(C(=O)OCc1ccccc1)[C@@H](CC(C)C)C(=O)O. The maximum Gasteiger partial charge on any atom is 0.410 e. The van der Waals surface area contributed by atoms with Crippen LogP contribution < -0.4 is 0 Å². The van der Waals surface area contributed by atoms with Crippen LogP contribution in [0.4, 0.5) is 4.79 Å². The lowest BCUT2D eigenvalue weighted by molar-refractivity contribution is -0.143. The number of hydrogen-bond acceptors (Lipinski definition) is 3. The molecule has 0 aliphatic rings. The molecule has 0 unspecified atom stereocenters. The van der Waals surface area contributed by atoms with E-state index in [1.54, 1.807) is 0 Å². The van der Waals surface area contributed by atoms with E-state index in [9.17, 15) is 14.7 Å². The van der Waals surface area contributed by atoms with Gasteiger partial charge in [-0.1, -0.05) is 50.3 Å². The Labute approximate surface area is 150 Å². The molecule has 1 aromatic carbocycles. The average molecular weight is 347 g/mol. The normalized spacial score (nSPS) is 11.8. The Bertz CT molecular complexity index is 542. The number of allylic oxidation sites excluding steroid dienone is 1. The monoisotopic (exact) mass is 347 g/mol. The zero-order valence-electron chi connectivity index (χ0n) is 15.2. The Morgan fingerprint density at radius 1 is 1.24 bits per heavy atom. The van der Waals surface area contributed by atoms with E-state index in [0.29, 0.717) is 19.4 Å². The Morgan fingerprint density at radius 2 is 1.92 bits per heavy atom. The molecule has 0 aromatic heterocycles. The van der Waals surface area contributed by atoms with Crippen molar-refractivity contribution >= 4 is 12.1 Å². The summed E-state index contributed by atoms with van der Waals surface area (Å²) in [4.78, 5) is 25.6. The van der Waals surface area contributed by atoms with E-state index in [1.165, 1.54) is 4.90 Å². The van der Waals surface area contributed by atoms with Crippen LogP contribution in [0.2, 0.25) is 0 Å². The van der Waals surface area contributed by atoms with Crippen LogP contribution >= 0.6 is 0 Å².